The lowest BCUT2D eigenvalue weighted by Crippen LogP contribution is -2.30. The van der Waals surface area contributed by atoms with Crippen LogP contribution in [0, 0.1) is 5.92 Å². The lowest BCUT2D eigenvalue weighted by molar-refractivity contribution is -0.161. The zero-order valence-corrected chi connectivity index (χ0v) is 62.9. The molecule has 0 rings (SSSR count). The van der Waals surface area contributed by atoms with Gasteiger partial charge in [0.15, 0.2) is 12.2 Å². The average molecular weight is 1380 g/mol. The Hall–Kier alpha value is -1.94. The van der Waals surface area contributed by atoms with Crippen LogP contribution in [0.1, 0.15) is 394 Å². The first-order valence-electron chi connectivity index (χ1n) is 39.1. The highest BCUT2D eigenvalue weighted by molar-refractivity contribution is 7.47. The summed E-state index contributed by atoms with van der Waals surface area (Å²) < 4.78 is 68.4. The van der Waals surface area contributed by atoms with Crippen molar-refractivity contribution in [3.63, 3.8) is 0 Å². The van der Waals surface area contributed by atoms with Crippen LogP contribution in [0.15, 0.2) is 0 Å². The second-order valence-electron chi connectivity index (χ2n) is 27.5. The van der Waals surface area contributed by atoms with Gasteiger partial charge in [-0.1, -0.05) is 343 Å². The van der Waals surface area contributed by atoms with E-state index < -0.39 is 97.5 Å². The average Bonchev–Trinajstić information content (AvgIpc) is 1.93. The Bertz CT molecular complexity index is 1810. The monoisotopic (exact) mass is 1380 g/mol. The van der Waals surface area contributed by atoms with E-state index in [1.54, 1.807) is 0 Å². The van der Waals surface area contributed by atoms with Crippen LogP contribution in [-0.2, 0) is 65.4 Å². The van der Waals surface area contributed by atoms with Crippen LogP contribution in [0.5, 0.6) is 0 Å². The number of carbonyl (C=O) groups is 4. The molecule has 0 saturated carbocycles. The minimum absolute atomic E-state index is 0.108. The molecule has 0 aliphatic rings. The molecule has 0 bridgehead atoms. The molecule has 0 heterocycles. The fourth-order valence-corrected chi connectivity index (χ4v) is 13.1. The number of phosphoric ester groups is 2. The molecule has 0 aromatic carbocycles. The number of rotatable bonds is 75. The Balaban J connectivity index is 5.19. The summed E-state index contributed by atoms with van der Waals surface area (Å²) in [6.45, 7) is 7.28. The zero-order chi connectivity index (χ0) is 69.1. The summed E-state index contributed by atoms with van der Waals surface area (Å²) in [5, 5.41) is 10.6. The number of aliphatic hydroxyl groups is 1. The third kappa shape index (κ3) is 68.6. The van der Waals surface area contributed by atoms with E-state index in [0.29, 0.717) is 25.7 Å². The van der Waals surface area contributed by atoms with E-state index in [4.69, 9.17) is 37.0 Å². The Morgan fingerprint density at radius 2 is 0.489 bits per heavy atom. The molecular weight excluding hydrogens is 1230 g/mol. The fourth-order valence-electron chi connectivity index (χ4n) is 11.5. The van der Waals surface area contributed by atoms with Crippen molar-refractivity contribution in [3.8, 4) is 0 Å². The molecule has 94 heavy (non-hydrogen) atoms. The summed E-state index contributed by atoms with van der Waals surface area (Å²) in [5.74, 6) is -1.31. The molecule has 5 atom stereocenters. The van der Waals surface area contributed by atoms with E-state index in [2.05, 4.69) is 34.6 Å². The molecule has 0 spiro atoms. The van der Waals surface area contributed by atoms with Crippen LogP contribution < -0.4 is 0 Å². The van der Waals surface area contributed by atoms with Crippen LogP contribution in [0.4, 0.5) is 0 Å². The first kappa shape index (κ1) is 92.1. The zero-order valence-electron chi connectivity index (χ0n) is 61.1. The molecule has 0 aromatic rings. The van der Waals surface area contributed by atoms with Gasteiger partial charge in [0.25, 0.3) is 0 Å². The normalized spacial score (nSPS) is 14.0. The van der Waals surface area contributed by atoms with Crippen LogP contribution in [0.25, 0.3) is 0 Å². The van der Waals surface area contributed by atoms with Crippen molar-refractivity contribution in [1.82, 2.24) is 0 Å². The maximum Gasteiger partial charge on any atom is 0.472 e. The molecule has 0 aliphatic heterocycles. The molecule has 17 nitrogen and oxygen atoms in total. The third-order valence-corrected chi connectivity index (χ3v) is 19.4. The van der Waals surface area contributed by atoms with E-state index in [1.807, 2.05) is 0 Å². The lowest BCUT2D eigenvalue weighted by atomic mass is 10.0. The topological polar surface area (TPSA) is 237 Å². The van der Waals surface area contributed by atoms with Crippen LogP contribution in [0.3, 0.4) is 0 Å². The highest BCUT2D eigenvalue weighted by Gasteiger charge is 2.30. The second kappa shape index (κ2) is 68.2. The predicted octanol–water partition coefficient (Wildman–Crippen LogP) is 22.1. The van der Waals surface area contributed by atoms with Crippen molar-refractivity contribution in [2.24, 2.45) is 5.92 Å². The molecule has 558 valence electrons. The van der Waals surface area contributed by atoms with Gasteiger partial charge >= 0.3 is 39.5 Å². The van der Waals surface area contributed by atoms with Gasteiger partial charge in [-0.2, -0.15) is 0 Å². The molecule has 19 heteroatoms. The van der Waals surface area contributed by atoms with Crippen molar-refractivity contribution in [1.29, 1.82) is 0 Å². The summed E-state index contributed by atoms with van der Waals surface area (Å²) in [4.78, 5) is 72.6. The van der Waals surface area contributed by atoms with Gasteiger partial charge < -0.3 is 33.8 Å². The van der Waals surface area contributed by atoms with Crippen molar-refractivity contribution in [3.05, 3.63) is 0 Å². The Morgan fingerprint density at radius 3 is 0.723 bits per heavy atom. The predicted molar refractivity (Wildman–Crippen MR) is 382 cm³/mol. The number of unbranched alkanes of at least 4 members (excludes halogenated alkanes) is 47. The number of carbonyl (C=O) groups excluding carboxylic acids is 4. The highest BCUT2D eigenvalue weighted by Crippen LogP contribution is 2.45. The highest BCUT2D eigenvalue weighted by atomic mass is 31.2. The minimum Gasteiger partial charge on any atom is -0.462 e. The maximum atomic E-state index is 13.1. The van der Waals surface area contributed by atoms with Gasteiger partial charge in [0, 0.05) is 25.7 Å². The van der Waals surface area contributed by atoms with Crippen LogP contribution in [0.2, 0.25) is 0 Å². The molecular formula is C75H146O17P2. The SMILES string of the molecule is CCCCCCCCCCCCCCCCCCC(=O)OC[C@H](COP(=O)(O)OC[C@@H](O)COP(=O)(O)OC[C@@H](COC(=O)CCCCCCCCC)OC(=O)CCCCCCCCCCCCCCC)OC(=O)CCCCCCCCCCCCCCCCCC(C)C. The van der Waals surface area contributed by atoms with E-state index in [1.165, 1.54) is 205 Å². The largest absolute Gasteiger partial charge is 0.472 e. The number of phosphoric acid groups is 2. The van der Waals surface area contributed by atoms with Crippen molar-refractivity contribution < 1.29 is 80.2 Å². The molecule has 0 amide bonds. The first-order chi connectivity index (χ1) is 45.5. The Morgan fingerprint density at radius 1 is 0.287 bits per heavy atom. The van der Waals surface area contributed by atoms with Gasteiger partial charge in [0.05, 0.1) is 26.4 Å². The third-order valence-electron chi connectivity index (χ3n) is 17.5. The van der Waals surface area contributed by atoms with Gasteiger partial charge in [0.1, 0.15) is 19.3 Å². The lowest BCUT2D eigenvalue weighted by Gasteiger charge is -2.21. The molecule has 3 N–H and O–H groups in total. The molecule has 0 saturated heterocycles. The first-order valence-corrected chi connectivity index (χ1v) is 42.1. The van der Waals surface area contributed by atoms with E-state index >= 15 is 0 Å². The van der Waals surface area contributed by atoms with Crippen molar-refractivity contribution in [2.45, 2.75) is 412 Å². The quantitative estimate of drug-likeness (QED) is 0.0222. The number of esters is 4. The van der Waals surface area contributed by atoms with Crippen molar-refractivity contribution >= 4 is 39.5 Å². The van der Waals surface area contributed by atoms with E-state index in [0.717, 1.165) is 109 Å². The molecule has 0 aliphatic carbocycles. The van der Waals surface area contributed by atoms with Gasteiger partial charge in [0.2, 0.25) is 0 Å². The van der Waals surface area contributed by atoms with Crippen LogP contribution in [-0.4, -0.2) is 96.7 Å². The molecule has 0 aromatic heterocycles. The summed E-state index contributed by atoms with van der Waals surface area (Å²) in [5.41, 5.74) is 0. The number of ether oxygens (including phenoxy) is 4. The smallest absolute Gasteiger partial charge is 0.462 e. The summed E-state index contributed by atoms with van der Waals surface area (Å²) in [7, 11) is -9.90. The Kier molecular flexibility index (Phi) is 66.8. The van der Waals surface area contributed by atoms with Crippen LogP contribution >= 0.6 is 15.6 Å². The minimum atomic E-state index is -4.96. The molecule has 0 radical (unpaired) electrons. The van der Waals surface area contributed by atoms with Crippen molar-refractivity contribution in [2.75, 3.05) is 39.6 Å². The summed E-state index contributed by atoms with van der Waals surface area (Å²) in [6, 6.07) is 0. The number of hydrogen-bond donors (Lipinski definition) is 3. The Labute approximate surface area is 575 Å². The van der Waals surface area contributed by atoms with Gasteiger partial charge in [-0.25, -0.2) is 9.13 Å². The molecule has 2 unspecified atom stereocenters. The molecule has 0 fully saturated rings. The number of aliphatic hydroxyl groups excluding tert-OH is 1. The summed E-state index contributed by atoms with van der Waals surface area (Å²) >= 11 is 0. The van der Waals surface area contributed by atoms with Gasteiger partial charge in [-0.15, -0.1) is 0 Å². The van der Waals surface area contributed by atoms with Gasteiger partial charge in [-0.05, 0) is 31.6 Å². The summed E-state index contributed by atoms with van der Waals surface area (Å²) in [6.07, 6.45) is 56.9. The van der Waals surface area contributed by atoms with E-state index in [-0.39, 0.29) is 25.7 Å². The standard InChI is InChI=1S/C75H146O17P2/c1-6-9-12-15-18-20-22-24-25-28-32-35-39-44-49-54-59-73(78)86-65-71(92-75(80)61-56-51-46-41-37-33-29-26-27-31-34-38-43-47-52-57-68(4)5)67-90-94(83,84)88-63-69(76)62-87-93(81,82)89-66-70(64-85-72(77)58-53-48-42-17-14-11-8-3)91-74(79)60-55-50-45-40-36-30-23-21-19-16-13-10-7-2/h68-71,76H,6-67H2,1-5H3,(H,81,82)(H,83,84)/t69-,70+,71+/m0/s1. The van der Waals surface area contributed by atoms with Gasteiger partial charge in [-0.3, -0.25) is 37.3 Å². The van der Waals surface area contributed by atoms with E-state index in [9.17, 15) is 43.2 Å². The maximum absolute atomic E-state index is 13.1. The second-order valence-corrected chi connectivity index (χ2v) is 30.4. The number of hydrogen-bond acceptors (Lipinski definition) is 15. The fraction of sp³-hybridized carbons (Fsp3) is 0.947.